The number of rotatable bonds is 5. The molecule has 0 saturated carbocycles. The number of imidazole rings is 1. The molecule has 1 N–H and O–H groups in total. The summed E-state index contributed by atoms with van der Waals surface area (Å²) < 4.78 is 1.95. The summed E-state index contributed by atoms with van der Waals surface area (Å²) in [6.45, 7) is 9.39. The molecule has 1 atom stereocenters. The zero-order valence-corrected chi connectivity index (χ0v) is 19.2. The maximum atomic E-state index is 12.1. The van der Waals surface area contributed by atoms with Crippen LogP contribution in [0.5, 0.6) is 0 Å². The topological polar surface area (TPSA) is 69.0 Å². The lowest BCUT2D eigenvalue weighted by atomic mass is 9.94. The SMILES string of the molecule is C=CC(=O)N1CCCC(c2ncn3cnc(Nc4ccc(N5CCN(C)CC5)cc4)cc23)C1. The summed E-state index contributed by atoms with van der Waals surface area (Å²) in [4.78, 5) is 28.0. The van der Waals surface area contributed by atoms with Crippen molar-refractivity contribution in [1.29, 1.82) is 0 Å². The van der Waals surface area contributed by atoms with Gasteiger partial charge in [-0.05, 0) is 50.2 Å². The summed E-state index contributed by atoms with van der Waals surface area (Å²) in [6.07, 6.45) is 6.99. The van der Waals surface area contributed by atoms with Gasteiger partial charge in [-0.3, -0.25) is 9.20 Å². The summed E-state index contributed by atoms with van der Waals surface area (Å²) in [5, 5.41) is 3.43. The van der Waals surface area contributed by atoms with Crippen LogP contribution in [0.15, 0.2) is 55.6 Å². The van der Waals surface area contributed by atoms with E-state index in [2.05, 4.69) is 63.0 Å². The van der Waals surface area contributed by atoms with Crippen molar-refractivity contribution in [2.45, 2.75) is 18.8 Å². The molecule has 8 nitrogen and oxygen atoms in total. The van der Waals surface area contributed by atoms with Crippen LogP contribution in [-0.4, -0.2) is 76.4 Å². The monoisotopic (exact) mass is 445 g/mol. The van der Waals surface area contributed by atoms with Gasteiger partial charge < -0.3 is 20.0 Å². The van der Waals surface area contributed by atoms with Crippen LogP contribution < -0.4 is 10.2 Å². The van der Waals surface area contributed by atoms with Gasteiger partial charge in [0.05, 0.1) is 11.2 Å². The molecule has 1 amide bonds. The van der Waals surface area contributed by atoms with Gasteiger partial charge in [0.25, 0.3) is 0 Å². The van der Waals surface area contributed by atoms with Gasteiger partial charge >= 0.3 is 0 Å². The van der Waals surface area contributed by atoms with Gasteiger partial charge in [0, 0.05) is 62.6 Å². The number of carbonyl (C=O) groups is 1. The molecule has 4 heterocycles. The fraction of sp³-hybridized carbons (Fsp3) is 0.400. The lowest BCUT2D eigenvalue weighted by Crippen LogP contribution is -2.44. The second kappa shape index (κ2) is 9.23. The average molecular weight is 446 g/mol. The molecule has 0 aliphatic carbocycles. The Hall–Kier alpha value is -3.39. The molecule has 5 rings (SSSR count). The quantitative estimate of drug-likeness (QED) is 0.609. The van der Waals surface area contributed by atoms with E-state index in [-0.39, 0.29) is 11.8 Å². The highest BCUT2D eigenvalue weighted by Crippen LogP contribution is 2.30. The van der Waals surface area contributed by atoms with E-state index in [9.17, 15) is 4.79 Å². The van der Waals surface area contributed by atoms with Gasteiger partial charge in [-0.1, -0.05) is 6.58 Å². The first-order valence-corrected chi connectivity index (χ1v) is 11.7. The van der Waals surface area contributed by atoms with E-state index in [1.807, 2.05) is 15.4 Å². The Morgan fingerprint density at radius 3 is 2.61 bits per heavy atom. The Kier molecular flexibility index (Phi) is 6.00. The molecule has 2 aliphatic rings. The number of likely N-dealkylation sites (tertiary alicyclic amines) is 1. The number of hydrogen-bond acceptors (Lipinski definition) is 6. The highest BCUT2D eigenvalue weighted by Gasteiger charge is 2.26. The van der Waals surface area contributed by atoms with E-state index in [1.54, 1.807) is 12.7 Å². The van der Waals surface area contributed by atoms with E-state index < -0.39 is 0 Å². The number of piperazine rings is 1. The zero-order chi connectivity index (χ0) is 22.8. The third-order valence-corrected chi connectivity index (χ3v) is 6.76. The number of likely N-dealkylation sites (N-methyl/N-ethyl adjacent to an activating group) is 1. The van der Waals surface area contributed by atoms with Gasteiger partial charge in [0.2, 0.25) is 5.91 Å². The minimum atomic E-state index is -0.00717. The van der Waals surface area contributed by atoms with Crippen molar-refractivity contribution in [2.75, 3.05) is 56.5 Å². The number of nitrogens with zero attached hydrogens (tertiary/aromatic N) is 6. The first-order chi connectivity index (χ1) is 16.1. The summed E-state index contributed by atoms with van der Waals surface area (Å²) in [7, 11) is 2.17. The van der Waals surface area contributed by atoms with Crippen LogP contribution >= 0.6 is 0 Å². The second-order valence-electron chi connectivity index (χ2n) is 8.99. The summed E-state index contributed by atoms with van der Waals surface area (Å²) in [5.41, 5.74) is 4.31. The number of hydrogen-bond donors (Lipinski definition) is 1. The lowest BCUT2D eigenvalue weighted by molar-refractivity contribution is -0.127. The Bertz CT molecular complexity index is 1130. The Morgan fingerprint density at radius 2 is 1.85 bits per heavy atom. The molecule has 1 aromatic carbocycles. The molecule has 8 heteroatoms. The van der Waals surface area contributed by atoms with Crippen molar-refractivity contribution < 1.29 is 4.79 Å². The number of carbonyl (C=O) groups excluding carboxylic acids is 1. The van der Waals surface area contributed by atoms with Crippen molar-refractivity contribution >= 4 is 28.6 Å². The number of benzene rings is 1. The second-order valence-corrected chi connectivity index (χ2v) is 8.99. The molecular weight excluding hydrogens is 414 g/mol. The summed E-state index contributed by atoms with van der Waals surface area (Å²) in [5.74, 6) is 0.990. The molecule has 2 aliphatic heterocycles. The largest absolute Gasteiger partial charge is 0.369 e. The molecule has 3 aromatic rings. The number of amides is 1. The lowest BCUT2D eigenvalue weighted by Gasteiger charge is -2.34. The first kappa shape index (κ1) is 21.5. The molecule has 33 heavy (non-hydrogen) atoms. The summed E-state index contributed by atoms with van der Waals surface area (Å²) >= 11 is 0. The predicted octanol–water partition coefficient (Wildman–Crippen LogP) is 3.12. The van der Waals surface area contributed by atoms with Crippen molar-refractivity contribution in [1.82, 2.24) is 24.2 Å². The van der Waals surface area contributed by atoms with Gasteiger partial charge in [-0.15, -0.1) is 0 Å². The van der Waals surface area contributed by atoms with Crippen molar-refractivity contribution in [3.63, 3.8) is 0 Å². The number of piperidine rings is 1. The number of aromatic nitrogens is 3. The van der Waals surface area contributed by atoms with E-state index in [1.165, 1.54) is 11.8 Å². The van der Waals surface area contributed by atoms with Crippen molar-refractivity contribution in [2.24, 2.45) is 0 Å². The molecule has 0 bridgehead atoms. The Morgan fingerprint density at radius 1 is 1.09 bits per heavy atom. The van der Waals surface area contributed by atoms with E-state index in [0.717, 1.165) is 68.3 Å². The molecule has 2 fully saturated rings. The van der Waals surface area contributed by atoms with Gasteiger partial charge in [0.1, 0.15) is 18.5 Å². The third-order valence-electron chi connectivity index (χ3n) is 6.76. The molecule has 2 saturated heterocycles. The predicted molar refractivity (Wildman–Crippen MR) is 131 cm³/mol. The van der Waals surface area contributed by atoms with E-state index in [4.69, 9.17) is 0 Å². The summed E-state index contributed by atoms with van der Waals surface area (Å²) in [6, 6.07) is 10.6. The van der Waals surface area contributed by atoms with Gasteiger partial charge in [0.15, 0.2) is 0 Å². The van der Waals surface area contributed by atoms with Crippen molar-refractivity contribution in [3.8, 4) is 0 Å². The molecule has 172 valence electrons. The van der Waals surface area contributed by atoms with Crippen LogP contribution in [0.4, 0.5) is 17.2 Å². The molecule has 0 radical (unpaired) electrons. The highest BCUT2D eigenvalue weighted by molar-refractivity contribution is 5.87. The fourth-order valence-corrected chi connectivity index (χ4v) is 4.80. The number of anilines is 3. The molecule has 2 aromatic heterocycles. The molecular formula is C25H31N7O. The van der Waals surface area contributed by atoms with Crippen LogP contribution in [0.25, 0.3) is 5.52 Å². The number of fused-ring (bicyclic) bond motifs is 1. The maximum absolute atomic E-state index is 12.1. The minimum Gasteiger partial charge on any atom is -0.369 e. The van der Waals surface area contributed by atoms with Crippen LogP contribution in [0, 0.1) is 0 Å². The van der Waals surface area contributed by atoms with Crippen LogP contribution in [0.1, 0.15) is 24.5 Å². The standard InChI is InChI=1S/C25H31N7O/c1-3-24(33)31-10-4-5-19(16-31)25-22-15-23(26-17-32(22)18-27-25)28-20-6-8-21(9-7-20)30-13-11-29(2)12-14-30/h3,6-9,15,17-19,28H,1,4-5,10-14,16H2,2H3. The van der Waals surface area contributed by atoms with Gasteiger partial charge in [-0.2, -0.15) is 0 Å². The average Bonchev–Trinajstić information content (AvgIpc) is 3.28. The normalized spacial score (nSPS) is 19.6. The minimum absolute atomic E-state index is 0.00717. The van der Waals surface area contributed by atoms with Crippen LogP contribution in [0.2, 0.25) is 0 Å². The number of nitrogens with one attached hydrogen (secondary N) is 1. The van der Waals surface area contributed by atoms with E-state index in [0.29, 0.717) is 6.54 Å². The first-order valence-electron chi connectivity index (χ1n) is 11.7. The maximum Gasteiger partial charge on any atom is 0.245 e. The zero-order valence-electron chi connectivity index (χ0n) is 19.2. The smallest absolute Gasteiger partial charge is 0.245 e. The van der Waals surface area contributed by atoms with Crippen LogP contribution in [-0.2, 0) is 4.79 Å². The fourth-order valence-electron chi connectivity index (χ4n) is 4.80. The van der Waals surface area contributed by atoms with Crippen molar-refractivity contribution in [3.05, 3.63) is 61.3 Å². The van der Waals surface area contributed by atoms with Crippen LogP contribution in [0.3, 0.4) is 0 Å². The third kappa shape index (κ3) is 4.57. The Balaban J connectivity index is 1.31. The molecule has 0 spiro atoms. The molecule has 1 unspecified atom stereocenters. The highest BCUT2D eigenvalue weighted by atomic mass is 16.2. The Labute approximate surface area is 194 Å². The van der Waals surface area contributed by atoms with E-state index >= 15 is 0 Å². The van der Waals surface area contributed by atoms with Gasteiger partial charge in [-0.25, -0.2) is 9.97 Å².